The van der Waals surface area contributed by atoms with E-state index in [1.165, 1.54) is 0 Å². The van der Waals surface area contributed by atoms with E-state index in [4.69, 9.17) is 0 Å². The molecule has 15 heteroatoms. The first-order chi connectivity index (χ1) is 23.9. The molecular formula is C35H46N7O8+3. The van der Waals surface area contributed by atoms with Crippen LogP contribution in [0.5, 0.6) is 0 Å². The topological polar surface area (TPSA) is 263 Å². The summed E-state index contributed by atoms with van der Waals surface area (Å²) in [6, 6.07) is 16.9. The van der Waals surface area contributed by atoms with Crippen molar-refractivity contribution in [1.82, 2.24) is 10.6 Å². The van der Waals surface area contributed by atoms with E-state index in [9.17, 15) is 40.2 Å². The summed E-state index contributed by atoms with van der Waals surface area (Å²) in [5.74, 6) is 0. The molecule has 2 saturated carbocycles. The molecule has 4 aromatic rings. The van der Waals surface area contributed by atoms with Gasteiger partial charge < -0.3 is 63.4 Å². The molecule has 2 aliphatic carbocycles. The Morgan fingerprint density at radius 2 is 1.16 bits per heavy atom. The summed E-state index contributed by atoms with van der Waals surface area (Å²) in [6.45, 7) is 2.57. The molecule has 6 rings (SSSR count). The maximum absolute atomic E-state index is 13.1. The summed E-state index contributed by atoms with van der Waals surface area (Å²) in [7, 11) is 0. The number of pyridine rings is 1. The summed E-state index contributed by atoms with van der Waals surface area (Å²) >= 11 is 0. The predicted octanol–water partition coefficient (Wildman–Crippen LogP) is -1.86. The highest BCUT2D eigenvalue weighted by molar-refractivity contribution is 6.11. The van der Waals surface area contributed by atoms with Crippen LogP contribution in [0.25, 0.3) is 32.9 Å². The first-order valence-corrected chi connectivity index (χ1v) is 16.8. The van der Waals surface area contributed by atoms with Crippen LogP contribution in [0.3, 0.4) is 0 Å². The molecule has 266 valence electrons. The van der Waals surface area contributed by atoms with E-state index in [1.807, 2.05) is 61.5 Å². The molecule has 2 fully saturated rings. The fourth-order valence-electron chi connectivity index (χ4n) is 7.22. The number of anilines is 2. The van der Waals surface area contributed by atoms with E-state index < -0.39 is 72.9 Å². The van der Waals surface area contributed by atoms with Gasteiger partial charge in [0.2, 0.25) is 11.2 Å². The van der Waals surface area contributed by atoms with Gasteiger partial charge in [0.25, 0.3) is 0 Å². The van der Waals surface area contributed by atoms with Crippen molar-refractivity contribution in [3.8, 4) is 11.3 Å². The summed E-state index contributed by atoms with van der Waals surface area (Å²) in [4.78, 5) is 26.1. The van der Waals surface area contributed by atoms with Crippen molar-refractivity contribution >= 4 is 45.1 Å². The van der Waals surface area contributed by atoms with Crippen LogP contribution in [0.4, 0.5) is 21.0 Å². The minimum atomic E-state index is -1.43. The summed E-state index contributed by atoms with van der Waals surface area (Å²) < 4.78 is 2.12. The van der Waals surface area contributed by atoms with Crippen molar-refractivity contribution < 1.29 is 56.3 Å². The quantitative estimate of drug-likeness (QED) is 0.0804. The van der Waals surface area contributed by atoms with Crippen LogP contribution in [-0.2, 0) is 6.54 Å². The number of nitrogens with zero attached hydrogens (tertiary/aromatic N) is 1. The first-order valence-electron chi connectivity index (χ1n) is 16.8. The Hall–Kier alpha value is -4.45. The standard InChI is InChI=1S/C35H43N7O8/c1-2-42-26-13-18(39-35(50)41-25-15-23(37)29(44)33(48)31(25)46)9-11-20(26)19-10-8-17(12-21(19)27(42)16-6-4-3-5-7-16)38-34(49)40-24-14-22(36)28(43)32(47)30(24)45/h3-13,22-25,28-33,43-48H,2,14-15,36-37H2,1H3,(H3,38,40,41,49,50)/p+3/t22-,23+,24+,25-,28+,29-,30-,31+,32-,33+/m1/s1. The zero-order valence-electron chi connectivity index (χ0n) is 27.6. The third-order valence-corrected chi connectivity index (χ3v) is 9.94. The van der Waals surface area contributed by atoms with Crippen LogP contribution < -0.4 is 37.3 Å². The van der Waals surface area contributed by atoms with Gasteiger partial charge in [-0.3, -0.25) is 0 Å². The average Bonchev–Trinajstić information content (AvgIpc) is 3.10. The summed E-state index contributed by atoms with van der Waals surface area (Å²) in [6.07, 6.45) is -7.54. The van der Waals surface area contributed by atoms with Gasteiger partial charge in [-0.15, -0.1) is 0 Å². The molecule has 0 aliphatic heterocycles. The molecule has 0 bridgehead atoms. The van der Waals surface area contributed by atoms with Gasteiger partial charge >= 0.3 is 12.1 Å². The first kappa shape index (κ1) is 35.4. The van der Waals surface area contributed by atoms with Crippen LogP contribution >= 0.6 is 0 Å². The van der Waals surface area contributed by atoms with Crippen LogP contribution in [0.1, 0.15) is 19.8 Å². The zero-order valence-corrected chi connectivity index (χ0v) is 27.6. The molecule has 2 aliphatic rings. The number of aliphatic hydroxyl groups is 6. The minimum Gasteiger partial charge on any atom is -0.388 e. The Balaban J connectivity index is 1.31. The lowest BCUT2D eigenvalue weighted by Crippen LogP contribution is -2.75. The van der Waals surface area contributed by atoms with Crippen LogP contribution in [0.15, 0.2) is 66.7 Å². The maximum Gasteiger partial charge on any atom is 0.319 e. The summed E-state index contributed by atoms with van der Waals surface area (Å²) in [5, 5.41) is 75.0. The number of quaternary nitrogens is 2. The second kappa shape index (κ2) is 14.4. The van der Waals surface area contributed by atoms with Gasteiger partial charge in [0.15, 0.2) is 0 Å². The Labute approximate surface area is 287 Å². The molecule has 0 saturated heterocycles. The second-order valence-electron chi connectivity index (χ2n) is 13.3. The van der Waals surface area contributed by atoms with Crippen LogP contribution in [0, 0.1) is 0 Å². The number of nitrogens with one attached hydrogen (secondary N) is 4. The van der Waals surface area contributed by atoms with E-state index in [-0.39, 0.29) is 12.8 Å². The highest BCUT2D eigenvalue weighted by atomic mass is 16.4. The smallest absolute Gasteiger partial charge is 0.319 e. The lowest BCUT2D eigenvalue weighted by Gasteiger charge is -2.37. The number of urea groups is 2. The second-order valence-corrected chi connectivity index (χ2v) is 13.3. The van der Waals surface area contributed by atoms with Crippen molar-refractivity contribution in [2.45, 2.75) is 87.1 Å². The van der Waals surface area contributed by atoms with E-state index in [0.29, 0.717) is 17.9 Å². The molecule has 0 unspecified atom stereocenters. The zero-order chi connectivity index (χ0) is 35.9. The lowest BCUT2D eigenvalue weighted by molar-refractivity contribution is -0.655. The molecule has 50 heavy (non-hydrogen) atoms. The number of benzene rings is 3. The van der Waals surface area contributed by atoms with Crippen molar-refractivity contribution in [2.75, 3.05) is 10.6 Å². The molecular weight excluding hydrogens is 646 g/mol. The van der Waals surface area contributed by atoms with Gasteiger partial charge in [-0.2, -0.15) is 4.57 Å². The number of aryl methyl sites for hydroxylation is 1. The molecule has 0 radical (unpaired) electrons. The SMILES string of the molecule is CC[n+]1c(-c2ccccc2)c2cc(NC(=O)N[C@H]3C[C@@H]([NH3+])[C@H](O)[C@@H](O)[C@@H]3O)ccc2c2ccc(NC(=O)N[C@@H]3C[C@H]([NH3+])[C@@H](O)[C@H](O)[C@H]3O)cc21. The fourth-order valence-corrected chi connectivity index (χ4v) is 7.22. The Morgan fingerprint density at radius 1 is 0.660 bits per heavy atom. The maximum atomic E-state index is 13.1. The molecule has 0 spiro atoms. The predicted molar refractivity (Wildman–Crippen MR) is 183 cm³/mol. The van der Waals surface area contributed by atoms with Crippen molar-refractivity contribution in [1.29, 1.82) is 0 Å². The number of amides is 4. The van der Waals surface area contributed by atoms with Gasteiger partial charge in [-0.1, -0.05) is 24.3 Å². The van der Waals surface area contributed by atoms with Gasteiger partial charge in [0.1, 0.15) is 55.3 Å². The van der Waals surface area contributed by atoms with Gasteiger partial charge in [0.05, 0.1) is 22.9 Å². The number of carbonyl (C=O) groups is 2. The fraction of sp³-hybridized carbons (Fsp3) is 0.400. The van der Waals surface area contributed by atoms with Gasteiger partial charge in [-0.25, -0.2) is 9.59 Å². The number of hydrogen-bond acceptors (Lipinski definition) is 8. The number of aromatic nitrogens is 1. The largest absolute Gasteiger partial charge is 0.388 e. The van der Waals surface area contributed by atoms with Gasteiger partial charge in [0, 0.05) is 41.2 Å². The molecule has 4 amide bonds. The van der Waals surface area contributed by atoms with E-state index >= 15 is 0 Å². The lowest BCUT2D eigenvalue weighted by atomic mass is 9.84. The molecule has 16 N–H and O–H groups in total. The monoisotopic (exact) mass is 692 g/mol. The third-order valence-electron chi connectivity index (χ3n) is 9.94. The Bertz CT molecular complexity index is 1880. The highest BCUT2D eigenvalue weighted by Gasteiger charge is 2.45. The Kier molecular flexibility index (Phi) is 10.2. The molecule has 1 heterocycles. The molecule has 15 nitrogen and oxygen atoms in total. The van der Waals surface area contributed by atoms with Crippen molar-refractivity contribution in [3.63, 3.8) is 0 Å². The van der Waals surface area contributed by atoms with E-state index in [2.05, 4.69) is 37.3 Å². The van der Waals surface area contributed by atoms with Crippen LogP contribution in [0.2, 0.25) is 0 Å². The van der Waals surface area contributed by atoms with E-state index in [1.54, 1.807) is 12.1 Å². The van der Waals surface area contributed by atoms with Gasteiger partial charge in [-0.05, 0) is 43.3 Å². The molecule has 3 aromatic carbocycles. The number of carbonyl (C=O) groups excluding carboxylic acids is 2. The number of rotatable bonds is 6. The van der Waals surface area contributed by atoms with Crippen LogP contribution in [-0.4, -0.2) is 103 Å². The number of fused-ring (bicyclic) bond motifs is 3. The molecule has 1 aromatic heterocycles. The normalized spacial score (nSPS) is 29.8. The highest BCUT2D eigenvalue weighted by Crippen LogP contribution is 2.34. The minimum absolute atomic E-state index is 0.191. The summed E-state index contributed by atoms with van der Waals surface area (Å²) in [5.41, 5.74) is 11.3. The van der Waals surface area contributed by atoms with E-state index in [0.717, 1.165) is 32.9 Å². The number of hydrogen-bond donors (Lipinski definition) is 12. The Morgan fingerprint density at radius 3 is 1.68 bits per heavy atom. The third kappa shape index (κ3) is 6.82. The van der Waals surface area contributed by atoms with Crippen molar-refractivity contribution in [3.05, 3.63) is 66.7 Å². The molecule has 10 atom stereocenters. The van der Waals surface area contributed by atoms with Crippen molar-refractivity contribution in [2.24, 2.45) is 0 Å². The average molecular weight is 693 g/mol. The number of aliphatic hydroxyl groups excluding tert-OH is 6.